The van der Waals surface area contributed by atoms with Gasteiger partial charge in [-0.25, -0.2) is 4.98 Å². The van der Waals surface area contributed by atoms with Crippen molar-refractivity contribution in [3.63, 3.8) is 0 Å². The maximum atomic E-state index is 9.95. The number of rotatable bonds is 3. The van der Waals surface area contributed by atoms with Gasteiger partial charge in [0.05, 0.1) is 17.0 Å². The van der Waals surface area contributed by atoms with Crippen LogP contribution in [0.1, 0.15) is 18.3 Å². The second-order valence-electron chi connectivity index (χ2n) is 4.92. The number of phenolic OH excluding ortho intramolecular Hbond substituents is 1. The molecule has 0 bridgehead atoms. The number of hydrogen-bond donors (Lipinski definition) is 1. The number of benzene rings is 1. The summed E-state index contributed by atoms with van der Waals surface area (Å²) in [5.41, 5.74) is 4.90. The molecule has 3 aromatic rings. The van der Waals surface area contributed by atoms with E-state index in [0.717, 1.165) is 39.8 Å². The van der Waals surface area contributed by atoms with Crippen molar-refractivity contribution < 1.29 is 5.11 Å². The molecule has 5 heteroatoms. The zero-order chi connectivity index (χ0) is 15.0. The Hall–Kier alpha value is -2.14. The van der Waals surface area contributed by atoms with Crippen LogP contribution >= 0.6 is 11.3 Å². The highest BCUT2D eigenvalue weighted by Crippen LogP contribution is 2.35. The van der Waals surface area contributed by atoms with Gasteiger partial charge >= 0.3 is 0 Å². The lowest BCUT2D eigenvalue weighted by Gasteiger charge is -2.01. The first-order valence-electron chi connectivity index (χ1n) is 6.90. The summed E-state index contributed by atoms with van der Waals surface area (Å²) in [6.07, 6.45) is 0. The fourth-order valence-corrected chi connectivity index (χ4v) is 3.39. The summed E-state index contributed by atoms with van der Waals surface area (Å²) < 4.78 is 1.99. The van der Waals surface area contributed by atoms with Gasteiger partial charge in [0.2, 0.25) is 0 Å². The van der Waals surface area contributed by atoms with Crippen LogP contribution in [0, 0.1) is 13.8 Å². The number of aromatic hydroxyl groups is 1. The van der Waals surface area contributed by atoms with E-state index in [0.29, 0.717) is 0 Å². The third-order valence-electron chi connectivity index (χ3n) is 3.58. The second-order valence-corrected chi connectivity index (χ2v) is 5.77. The number of thiazole rings is 1. The number of aryl methyl sites for hydroxylation is 2. The minimum Gasteiger partial charge on any atom is -0.507 e. The van der Waals surface area contributed by atoms with Crippen molar-refractivity contribution in [3.8, 4) is 27.6 Å². The molecule has 2 heterocycles. The lowest BCUT2D eigenvalue weighted by Crippen LogP contribution is -1.98. The van der Waals surface area contributed by atoms with E-state index in [-0.39, 0.29) is 5.75 Å². The number of para-hydroxylation sites is 1. The number of hydrogen-bond acceptors (Lipinski definition) is 4. The molecule has 0 fully saturated rings. The molecular weight excluding hydrogens is 282 g/mol. The van der Waals surface area contributed by atoms with Crippen LogP contribution in [-0.4, -0.2) is 19.9 Å². The van der Waals surface area contributed by atoms with Crippen molar-refractivity contribution in [2.24, 2.45) is 0 Å². The van der Waals surface area contributed by atoms with Crippen molar-refractivity contribution in [1.29, 1.82) is 0 Å². The Kier molecular flexibility index (Phi) is 3.51. The monoisotopic (exact) mass is 299 g/mol. The normalized spacial score (nSPS) is 11.0. The van der Waals surface area contributed by atoms with Crippen molar-refractivity contribution in [2.75, 3.05) is 0 Å². The molecule has 0 atom stereocenters. The topological polar surface area (TPSA) is 50.9 Å². The van der Waals surface area contributed by atoms with Gasteiger partial charge in [-0.1, -0.05) is 12.1 Å². The summed E-state index contributed by atoms with van der Waals surface area (Å²) in [6, 6.07) is 7.28. The Bertz CT molecular complexity index is 789. The van der Waals surface area contributed by atoms with Gasteiger partial charge in [-0.3, -0.25) is 4.68 Å². The minimum absolute atomic E-state index is 0.260. The van der Waals surface area contributed by atoms with E-state index in [1.54, 1.807) is 6.07 Å². The minimum atomic E-state index is 0.260. The maximum absolute atomic E-state index is 9.95. The van der Waals surface area contributed by atoms with Crippen molar-refractivity contribution in [3.05, 3.63) is 41.0 Å². The van der Waals surface area contributed by atoms with E-state index in [1.165, 1.54) is 11.3 Å². The van der Waals surface area contributed by atoms with Gasteiger partial charge < -0.3 is 5.11 Å². The van der Waals surface area contributed by atoms with Crippen LogP contribution in [0.4, 0.5) is 0 Å². The Morgan fingerprint density at radius 3 is 2.67 bits per heavy atom. The molecular formula is C16H17N3OS. The summed E-state index contributed by atoms with van der Waals surface area (Å²) in [7, 11) is 0. The molecule has 0 aliphatic carbocycles. The molecule has 0 radical (unpaired) electrons. The maximum Gasteiger partial charge on any atom is 0.127 e. The number of aromatic nitrogens is 3. The molecule has 4 nitrogen and oxygen atoms in total. The average molecular weight is 299 g/mol. The van der Waals surface area contributed by atoms with Gasteiger partial charge in [0.15, 0.2) is 0 Å². The quantitative estimate of drug-likeness (QED) is 0.795. The van der Waals surface area contributed by atoms with Crippen LogP contribution in [0.15, 0.2) is 29.6 Å². The zero-order valence-electron chi connectivity index (χ0n) is 12.3. The molecule has 1 aromatic carbocycles. The van der Waals surface area contributed by atoms with Crippen LogP contribution in [0.25, 0.3) is 21.8 Å². The van der Waals surface area contributed by atoms with Gasteiger partial charge in [0.1, 0.15) is 10.8 Å². The van der Waals surface area contributed by atoms with Gasteiger partial charge in [-0.05, 0) is 32.9 Å². The lowest BCUT2D eigenvalue weighted by atomic mass is 10.1. The van der Waals surface area contributed by atoms with E-state index < -0.39 is 0 Å². The fourth-order valence-electron chi connectivity index (χ4n) is 2.54. The summed E-state index contributed by atoms with van der Waals surface area (Å²) >= 11 is 1.54. The first kappa shape index (κ1) is 13.8. The van der Waals surface area contributed by atoms with Gasteiger partial charge in [0.25, 0.3) is 0 Å². The molecule has 0 aliphatic rings. The SMILES string of the molecule is CCn1nc(C)c(-c2csc(-c3ccccc3O)n2)c1C. The Morgan fingerprint density at radius 1 is 1.24 bits per heavy atom. The Labute approximate surface area is 127 Å². The molecule has 2 aromatic heterocycles. The summed E-state index contributed by atoms with van der Waals surface area (Å²) in [5, 5.41) is 17.3. The van der Waals surface area contributed by atoms with Crippen LogP contribution in [0.3, 0.4) is 0 Å². The summed E-state index contributed by atoms with van der Waals surface area (Å²) in [4.78, 5) is 4.69. The smallest absolute Gasteiger partial charge is 0.127 e. The first-order valence-corrected chi connectivity index (χ1v) is 7.78. The van der Waals surface area contributed by atoms with Crippen molar-refractivity contribution >= 4 is 11.3 Å². The molecule has 21 heavy (non-hydrogen) atoms. The fraction of sp³-hybridized carbons (Fsp3) is 0.250. The summed E-state index contributed by atoms with van der Waals surface area (Å²) in [5.74, 6) is 0.260. The van der Waals surface area contributed by atoms with Crippen LogP contribution in [0.5, 0.6) is 5.75 Å². The number of phenols is 1. The molecule has 1 N–H and O–H groups in total. The van der Waals surface area contributed by atoms with E-state index in [4.69, 9.17) is 0 Å². The zero-order valence-corrected chi connectivity index (χ0v) is 13.1. The average Bonchev–Trinajstić information content (AvgIpc) is 3.04. The predicted octanol–water partition coefficient (Wildman–Crippen LogP) is 4.02. The molecule has 0 unspecified atom stereocenters. The van der Waals surface area contributed by atoms with E-state index >= 15 is 0 Å². The van der Waals surface area contributed by atoms with Crippen LogP contribution in [0.2, 0.25) is 0 Å². The van der Waals surface area contributed by atoms with E-state index in [9.17, 15) is 5.11 Å². The van der Waals surface area contributed by atoms with Gasteiger partial charge in [-0.15, -0.1) is 11.3 Å². The van der Waals surface area contributed by atoms with E-state index in [2.05, 4.69) is 23.9 Å². The van der Waals surface area contributed by atoms with Crippen molar-refractivity contribution in [1.82, 2.24) is 14.8 Å². The molecule has 0 spiro atoms. The number of nitrogens with zero attached hydrogens (tertiary/aromatic N) is 3. The van der Waals surface area contributed by atoms with Gasteiger partial charge in [-0.2, -0.15) is 5.10 Å². The third kappa shape index (κ3) is 2.34. The first-order chi connectivity index (χ1) is 10.1. The lowest BCUT2D eigenvalue weighted by molar-refractivity contribution is 0.477. The highest BCUT2D eigenvalue weighted by atomic mass is 32.1. The van der Waals surface area contributed by atoms with Crippen molar-refractivity contribution in [2.45, 2.75) is 27.3 Å². The standard InChI is InChI=1S/C16H17N3OS/c1-4-19-11(3)15(10(2)18-19)13-9-21-16(17-13)12-7-5-6-8-14(12)20/h5-9,20H,4H2,1-3H3. The predicted molar refractivity (Wildman–Crippen MR) is 85.6 cm³/mol. The van der Waals surface area contributed by atoms with E-state index in [1.807, 2.05) is 35.2 Å². The van der Waals surface area contributed by atoms with Crippen LogP contribution in [-0.2, 0) is 6.54 Å². The third-order valence-corrected chi connectivity index (χ3v) is 4.45. The largest absolute Gasteiger partial charge is 0.507 e. The molecule has 0 saturated carbocycles. The second kappa shape index (κ2) is 5.33. The highest BCUT2D eigenvalue weighted by Gasteiger charge is 2.16. The molecule has 0 amide bonds. The molecule has 0 aliphatic heterocycles. The van der Waals surface area contributed by atoms with Gasteiger partial charge in [0, 0.05) is 23.2 Å². The van der Waals surface area contributed by atoms with Crippen LogP contribution < -0.4 is 0 Å². The highest BCUT2D eigenvalue weighted by molar-refractivity contribution is 7.13. The Balaban J connectivity index is 2.07. The molecule has 108 valence electrons. The molecule has 0 saturated heterocycles. The summed E-state index contributed by atoms with van der Waals surface area (Å²) in [6.45, 7) is 7.01. The molecule has 3 rings (SSSR count). The Morgan fingerprint density at radius 2 is 2.00 bits per heavy atom.